The molecule has 0 amide bonds. The van der Waals surface area contributed by atoms with E-state index in [1.54, 1.807) is 7.11 Å². The summed E-state index contributed by atoms with van der Waals surface area (Å²) in [6, 6.07) is 6.23. The quantitative estimate of drug-likeness (QED) is 0.771. The van der Waals surface area contributed by atoms with Crippen LogP contribution in [0.1, 0.15) is 18.4 Å². The summed E-state index contributed by atoms with van der Waals surface area (Å²) in [6.07, 6.45) is 3.60. The Kier molecular flexibility index (Phi) is 5.20. The Morgan fingerprint density at radius 1 is 1.28 bits per heavy atom. The van der Waals surface area contributed by atoms with E-state index < -0.39 is 0 Å². The number of thioether (sulfide) groups is 1. The number of rotatable bonds is 7. The largest absolute Gasteiger partial charge is 0.493 e. The minimum atomic E-state index is 0.354. The van der Waals surface area contributed by atoms with Crippen molar-refractivity contribution < 1.29 is 9.47 Å². The minimum absolute atomic E-state index is 0.354. The van der Waals surface area contributed by atoms with E-state index in [9.17, 15) is 0 Å². The van der Waals surface area contributed by atoms with Crippen molar-refractivity contribution >= 4 is 11.8 Å². The van der Waals surface area contributed by atoms with Crippen LogP contribution in [0.15, 0.2) is 18.2 Å². The van der Waals surface area contributed by atoms with Gasteiger partial charge in [0.1, 0.15) is 6.10 Å². The zero-order valence-corrected chi connectivity index (χ0v) is 11.7. The van der Waals surface area contributed by atoms with Gasteiger partial charge in [0.25, 0.3) is 0 Å². The summed E-state index contributed by atoms with van der Waals surface area (Å²) in [7, 11) is 1.70. The van der Waals surface area contributed by atoms with Crippen LogP contribution in [0, 0.1) is 0 Å². The Morgan fingerprint density at radius 2 is 2.11 bits per heavy atom. The molecule has 1 heterocycles. The first kappa shape index (κ1) is 13.6. The molecule has 0 unspecified atom stereocenters. The first-order valence-corrected chi connectivity index (χ1v) is 7.60. The first-order chi connectivity index (χ1) is 8.83. The molecule has 0 bridgehead atoms. The lowest BCUT2D eigenvalue weighted by atomic mass is 10.1. The van der Waals surface area contributed by atoms with Gasteiger partial charge in [-0.25, -0.2) is 0 Å². The molecule has 2 N–H and O–H groups in total. The Hall–Kier alpha value is -0.870. The summed E-state index contributed by atoms with van der Waals surface area (Å²) in [5.41, 5.74) is 6.79. The van der Waals surface area contributed by atoms with Gasteiger partial charge in [0, 0.05) is 11.5 Å². The molecule has 1 aliphatic rings. The number of aryl methyl sites for hydroxylation is 1. The van der Waals surface area contributed by atoms with Gasteiger partial charge in [0.05, 0.1) is 7.11 Å². The molecule has 1 aliphatic heterocycles. The maximum absolute atomic E-state index is 5.89. The van der Waals surface area contributed by atoms with Gasteiger partial charge in [-0.2, -0.15) is 11.8 Å². The Balaban J connectivity index is 1.97. The van der Waals surface area contributed by atoms with Crippen molar-refractivity contribution in [2.45, 2.75) is 25.4 Å². The normalized spacial score (nSPS) is 15.2. The third kappa shape index (κ3) is 3.56. The number of benzene rings is 1. The molecule has 0 aliphatic carbocycles. The molecule has 0 atom stereocenters. The number of ether oxygens (including phenoxy) is 2. The molecular formula is C14H21NO2S. The lowest BCUT2D eigenvalue weighted by Gasteiger charge is -2.26. The van der Waals surface area contributed by atoms with Gasteiger partial charge in [-0.15, -0.1) is 0 Å². The van der Waals surface area contributed by atoms with E-state index in [4.69, 9.17) is 15.2 Å². The highest BCUT2D eigenvalue weighted by atomic mass is 32.2. The monoisotopic (exact) mass is 267 g/mol. The summed E-state index contributed by atoms with van der Waals surface area (Å²) >= 11 is 1.92. The van der Waals surface area contributed by atoms with Crippen molar-refractivity contribution in [3.8, 4) is 11.5 Å². The number of nitrogens with two attached hydrogens (primary N) is 1. The zero-order chi connectivity index (χ0) is 12.8. The van der Waals surface area contributed by atoms with Crippen LogP contribution in [0.5, 0.6) is 11.5 Å². The molecule has 1 saturated heterocycles. The molecule has 0 radical (unpaired) electrons. The summed E-state index contributed by atoms with van der Waals surface area (Å²) in [4.78, 5) is 0. The van der Waals surface area contributed by atoms with E-state index in [-0.39, 0.29) is 0 Å². The smallest absolute Gasteiger partial charge is 0.161 e. The van der Waals surface area contributed by atoms with Crippen molar-refractivity contribution in [3.63, 3.8) is 0 Å². The molecule has 4 heteroatoms. The highest BCUT2D eigenvalue weighted by Gasteiger charge is 2.21. The Morgan fingerprint density at radius 3 is 2.72 bits per heavy atom. The van der Waals surface area contributed by atoms with Crippen LogP contribution in [0.2, 0.25) is 0 Å². The molecule has 0 aromatic heterocycles. The maximum atomic E-state index is 5.89. The van der Waals surface area contributed by atoms with Crippen LogP contribution >= 0.6 is 11.8 Å². The van der Waals surface area contributed by atoms with Crippen molar-refractivity contribution in [2.24, 2.45) is 5.73 Å². The van der Waals surface area contributed by atoms with Crippen LogP contribution in [0.3, 0.4) is 0 Å². The Labute approximate surface area is 113 Å². The van der Waals surface area contributed by atoms with E-state index in [2.05, 4.69) is 12.1 Å². The molecule has 100 valence electrons. The lowest BCUT2D eigenvalue weighted by Crippen LogP contribution is -2.31. The molecule has 1 fully saturated rings. The summed E-state index contributed by atoms with van der Waals surface area (Å²) in [6.45, 7) is 0.762. The third-order valence-electron chi connectivity index (χ3n) is 3.05. The molecule has 0 saturated carbocycles. The summed E-state index contributed by atoms with van der Waals surface area (Å²) in [5.74, 6) is 3.88. The number of hydrogen-bond donors (Lipinski definition) is 1. The van der Waals surface area contributed by atoms with Gasteiger partial charge in [-0.05, 0) is 43.5 Å². The molecule has 1 aromatic carbocycles. The Bertz CT molecular complexity index is 380. The first-order valence-electron chi connectivity index (χ1n) is 6.45. The number of methoxy groups -OCH3 is 1. The van der Waals surface area contributed by atoms with Gasteiger partial charge < -0.3 is 15.2 Å². The average Bonchev–Trinajstić information content (AvgIpc) is 2.35. The highest BCUT2D eigenvalue weighted by Crippen LogP contribution is 2.32. The average molecular weight is 267 g/mol. The number of unbranched alkanes of at least 4 members (excludes halogenated alkanes) is 1. The fourth-order valence-electron chi connectivity index (χ4n) is 1.90. The van der Waals surface area contributed by atoms with Crippen molar-refractivity contribution in [1.29, 1.82) is 0 Å². The molecule has 2 rings (SSSR count). The zero-order valence-electron chi connectivity index (χ0n) is 10.9. The second-order valence-corrected chi connectivity index (χ2v) is 5.58. The predicted molar refractivity (Wildman–Crippen MR) is 76.7 cm³/mol. The topological polar surface area (TPSA) is 44.5 Å². The van der Waals surface area contributed by atoms with E-state index in [1.165, 1.54) is 5.56 Å². The van der Waals surface area contributed by atoms with Crippen LogP contribution in [-0.4, -0.2) is 31.3 Å². The fourth-order valence-corrected chi connectivity index (χ4v) is 2.46. The molecule has 3 nitrogen and oxygen atoms in total. The van der Waals surface area contributed by atoms with Gasteiger partial charge >= 0.3 is 0 Å². The van der Waals surface area contributed by atoms with Gasteiger partial charge in [-0.3, -0.25) is 0 Å². The minimum Gasteiger partial charge on any atom is -0.493 e. The van der Waals surface area contributed by atoms with Gasteiger partial charge in [0.15, 0.2) is 11.5 Å². The second kappa shape index (κ2) is 6.90. The molecular weight excluding hydrogens is 246 g/mol. The molecule has 0 spiro atoms. The standard InChI is InChI=1S/C14H21NO2S/c1-16-14-8-11(4-2-3-7-15)5-6-13(14)17-12-9-18-10-12/h5-6,8,12H,2-4,7,9-10,15H2,1H3. The van der Waals surface area contributed by atoms with Crippen molar-refractivity contribution in [1.82, 2.24) is 0 Å². The number of hydrogen-bond acceptors (Lipinski definition) is 4. The lowest BCUT2D eigenvalue weighted by molar-refractivity contribution is 0.228. The summed E-state index contributed by atoms with van der Waals surface area (Å²) in [5, 5.41) is 0. The fraction of sp³-hybridized carbons (Fsp3) is 0.571. The van der Waals surface area contributed by atoms with E-state index >= 15 is 0 Å². The van der Waals surface area contributed by atoms with Crippen molar-refractivity contribution in [3.05, 3.63) is 23.8 Å². The van der Waals surface area contributed by atoms with Crippen LogP contribution in [0.25, 0.3) is 0 Å². The van der Waals surface area contributed by atoms with E-state index in [0.717, 1.165) is 48.8 Å². The predicted octanol–water partition coefficient (Wildman–Crippen LogP) is 2.47. The van der Waals surface area contributed by atoms with Crippen LogP contribution in [0.4, 0.5) is 0 Å². The van der Waals surface area contributed by atoms with E-state index in [0.29, 0.717) is 6.10 Å². The van der Waals surface area contributed by atoms with Crippen LogP contribution < -0.4 is 15.2 Å². The third-order valence-corrected chi connectivity index (χ3v) is 4.26. The van der Waals surface area contributed by atoms with Crippen molar-refractivity contribution in [2.75, 3.05) is 25.2 Å². The molecule has 18 heavy (non-hydrogen) atoms. The second-order valence-electron chi connectivity index (χ2n) is 4.51. The summed E-state index contributed by atoms with van der Waals surface area (Å²) < 4.78 is 11.3. The highest BCUT2D eigenvalue weighted by molar-refractivity contribution is 8.00. The SMILES string of the molecule is COc1cc(CCCCN)ccc1OC1CSC1. The molecule has 1 aromatic rings. The van der Waals surface area contributed by atoms with Gasteiger partial charge in [0.2, 0.25) is 0 Å². The maximum Gasteiger partial charge on any atom is 0.161 e. The van der Waals surface area contributed by atoms with Crippen LogP contribution in [-0.2, 0) is 6.42 Å². The van der Waals surface area contributed by atoms with E-state index in [1.807, 2.05) is 17.8 Å². The van der Waals surface area contributed by atoms with Gasteiger partial charge in [-0.1, -0.05) is 6.07 Å².